The van der Waals surface area contributed by atoms with Crippen LogP contribution in [-0.2, 0) is 15.0 Å². The van der Waals surface area contributed by atoms with Crippen LogP contribution in [0.4, 0.5) is 0 Å². The zero-order valence-corrected chi connectivity index (χ0v) is 13.4. The minimum atomic E-state index is -3.45. The van der Waals surface area contributed by atoms with Gasteiger partial charge < -0.3 is 5.11 Å². The molecule has 0 radical (unpaired) electrons. The first-order valence-electron chi connectivity index (χ1n) is 7.26. The molecule has 0 aromatic carbocycles. The summed E-state index contributed by atoms with van der Waals surface area (Å²) in [5.41, 5.74) is -0.799. The highest BCUT2D eigenvalue weighted by Gasteiger charge is 2.41. The molecule has 0 aromatic heterocycles. The Labute approximate surface area is 121 Å². The molecule has 0 spiro atoms. The lowest BCUT2D eigenvalue weighted by atomic mass is 9.81. The first-order valence-corrected chi connectivity index (χ1v) is 8.66. The third-order valence-corrected chi connectivity index (χ3v) is 5.98. The third kappa shape index (κ3) is 3.71. The van der Waals surface area contributed by atoms with Crippen molar-refractivity contribution in [2.75, 3.05) is 26.2 Å². The maximum Gasteiger partial charge on any atom is 0.309 e. The van der Waals surface area contributed by atoms with E-state index in [9.17, 15) is 18.3 Å². The second-order valence-corrected chi connectivity index (χ2v) is 7.60. The number of aliphatic carboxylic acids is 1. The van der Waals surface area contributed by atoms with Gasteiger partial charge in [0.2, 0.25) is 0 Å². The molecule has 0 bridgehead atoms. The van der Waals surface area contributed by atoms with Crippen LogP contribution in [0.5, 0.6) is 0 Å². The molecule has 7 heteroatoms. The lowest BCUT2D eigenvalue weighted by molar-refractivity contribution is -0.150. The summed E-state index contributed by atoms with van der Waals surface area (Å²) in [5.74, 6) is -0.839. The summed E-state index contributed by atoms with van der Waals surface area (Å²) < 4.78 is 28.0. The van der Waals surface area contributed by atoms with E-state index in [0.717, 1.165) is 12.8 Å². The van der Waals surface area contributed by atoms with Crippen molar-refractivity contribution in [2.24, 2.45) is 5.41 Å². The largest absolute Gasteiger partial charge is 0.481 e. The van der Waals surface area contributed by atoms with Gasteiger partial charge in [-0.15, -0.1) is 0 Å². The van der Waals surface area contributed by atoms with E-state index in [0.29, 0.717) is 25.9 Å². The SMILES string of the molecule is CCCN(CCC)S(=O)(=O)N1CCC(C)(C(=O)O)CC1. The molecule has 0 aliphatic carbocycles. The van der Waals surface area contributed by atoms with Crippen LogP contribution < -0.4 is 0 Å². The molecule has 0 unspecified atom stereocenters. The van der Waals surface area contributed by atoms with Crippen molar-refractivity contribution in [2.45, 2.75) is 46.5 Å². The number of carbonyl (C=O) groups is 1. The van der Waals surface area contributed by atoms with E-state index >= 15 is 0 Å². The Morgan fingerprint density at radius 3 is 2.00 bits per heavy atom. The minimum Gasteiger partial charge on any atom is -0.481 e. The van der Waals surface area contributed by atoms with Crippen LogP contribution in [0.1, 0.15) is 46.5 Å². The fraction of sp³-hybridized carbons (Fsp3) is 0.923. The van der Waals surface area contributed by atoms with Gasteiger partial charge in [-0.25, -0.2) is 0 Å². The Morgan fingerprint density at radius 1 is 1.20 bits per heavy atom. The first-order chi connectivity index (χ1) is 9.28. The Morgan fingerprint density at radius 2 is 1.65 bits per heavy atom. The molecule has 0 amide bonds. The second-order valence-electron chi connectivity index (χ2n) is 5.67. The molecular weight excluding hydrogens is 280 g/mol. The summed E-state index contributed by atoms with van der Waals surface area (Å²) >= 11 is 0. The van der Waals surface area contributed by atoms with Gasteiger partial charge in [0.15, 0.2) is 0 Å². The van der Waals surface area contributed by atoms with Gasteiger partial charge in [-0.2, -0.15) is 17.0 Å². The van der Waals surface area contributed by atoms with E-state index in [-0.39, 0.29) is 13.1 Å². The summed E-state index contributed by atoms with van der Waals surface area (Å²) in [7, 11) is -3.45. The van der Waals surface area contributed by atoms with E-state index in [1.165, 1.54) is 8.61 Å². The summed E-state index contributed by atoms with van der Waals surface area (Å²) in [6.45, 7) is 7.21. The third-order valence-electron chi connectivity index (χ3n) is 3.94. The van der Waals surface area contributed by atoms with Gasteiger partial charge in [0.1, 0.15) is 0 Å². The molecular formula is C13H26N2O4S. The van der Waals surface area contributed by atoms with E-state index in [2.05, 4.69) is 0 Å². The first kappa shape index (κ1) is 17.4. The number of carboxylic acids is 1. The second kappa shape index (κ2) is 6.87. The van der Waals surface area contributed by atoms with Crippen LogP contribution in [0.2, 0.25) is 0 Å². The maximum atomic E-state index is 12.6. The highest BCUT2D eigenvalue weighted by atomic mass is 32.2. The molecule has 6 nitrogen and oxygen atoms in total. The number of hydrogen-bond donors (Lipinski definition) is 1. The summed E-state index contributed by atoms with van der Waals surface area (Å²) in [6, 6.07) is 0. The summed E-state index contributed by atoms with van der Waals surface area (Å²) in [6.07, 6.45) is 2.29. The van der Waals surface area contributed by atoms with E-state index in [4.69, 9.17) is 0 Å². The highest BCUT2D eigenvalue weighted by molar-refractivity contribution is 7.86. The summed E-state index contributed by atoms with van der Waals surface area (Å²) in [4.78, 5) is 11.2. The molecule has 1 aliphatic rings. The van der Waals surface area contributed by atoms with Gasteiger partial charge in [0.25, 0.3) is 10.2 Å². The summed E-state index contributed by atoms with van der Waals surface area (Å²) in [5, 5.41) is 9.19. The molecule has 1 N–H and O–H groups in total. The van der Waals surface area contributed by atoms with Crippen molar-refractivity contribution in [1.29, 1.82) is 0 Å². The van der Waals surface area contributed by atoms with Crippen molar-refractivity contribution in [1.82, 2.24) is 8.61 Å². The van der Waals surface area contributed by atoms with Crippen LogP contribution in [0, 0.1) is 5.41 Å². The Kier molecular flexibility index (Phi) is 5.97. The van der Waals surface area contributed by atoms with Crippen molar-refractivity contribution in [3.8, 4) is 0 Å². The van der Waals surface area contributed by atoms with Crippen LogP contribution in [-0.4, -0.2) is 54.3 Å². The monoisotopic (exact) mass is 306 g/mol. The fourth-order valence-corrected chi connectivity index (χ4v) is 4.23. The van der Waals surface area contributed by atoms with Gasteiger partial charge >= 0.3 is 5.97 Å². The maximum absolute atomic E-state index is 12.6. The van der Waals surface area contributed by atoms with Crippen molar-refractivity contribution in [3.63, 3.8) is 0 Å². The molecule has 118 valence electrons. The van der Waals surface area contributed by atoms with Gasteiger partial charge in [0, 0.05) is 26.2 Å². The molecule has 0 saturated carbocycles. The van der Waals surface area contributed by atoms with Gasteiger partial charge in [-0.05, 0) is 32.6 Å². The highest BCUT2D eigenvalue weighted by Crippen LogP contribution is 2.32. The average Bonchev–Trinajstić information content (AvgIpc) is 2.39. The van der Waals surface area contributed by atoms with E-state index < -0.39 is 21.6 Å². The lowest BCUT2D eigenvalue weighted by Gasteiger charge is -2.38. The predicted molar refractivity (Wildman–Crippen MR) is 77.6 cm³/mol. The molecule has 1 fully saturated rings. The lowest BCUT2D eigenvalue weighted by Crippen LogP contribution is -2.50. The fourth-order valence-electron chi connectivity index (χ4n) is 2.43. The Bertz CT molecular complexity index is 422. The molecule has 1 heterocycles. The number of nitrogens with zero attached hydrogens (tertiary/aromatic N) is 2. The molecule has 0 aromatic rings. The Balaban J connectivity index is 2.78. The van der Waals surface area contributed by atoms with Crippen LogP contribution in [0.15, 0.2) is 0 Å². The average molecular weight is 306 g/mol. The minimum absolute atomic E-state index is 0.287. The number of hydrogen-bond acceptors (Lipinski definition) is 3. The van der Waals surface area contributed by atoms with E-state index in [1.54, 1.807) is 6.92 Å². The van der Waals surface area contributed by atoms with Crippen molar-refractivity contribution in [3.05, 3.63) is 0 Å². The number of carboxylic acid groups (broad SMARTS) is 1. The topological polar surface area (TPSA) is 77.9 Å². The molecule has 0 atom stereocenters. The van der Waals surface area contributed by atoms with Gasteiger partial charge in [-0.1, -0.05) is 13.8 Å². The molecule has 20 heavy (non-hydrogen) atoms. The van der Waals surface area contributed by atoms with Crippen molar-refractivity contribution < 1.29 is 18.3 Å². The normalized spacial score (nSPS) is 20.2. The van der Waals surface area contributed by atoms with Crippen LogP contribution >= 0.6 is 0 Å². The standard InChI is InChI=1S/C13H26N2O4S/c1-4-8-14(9-5-2)20(18,19)15-10-6-13(3,7-11-15)12(16)17/h4-11H2,1-3H3,(H,16,17). The molecule has 1 saturated heterocycles. The van der Waals surface area contributed by atoms with Crippen LogP contribution in [0.25, 0.3) is 0 Å². The molecule has 1 aliphatic heterocycles. The quantitative estimate of drug-likeness (QED) is 0.774. The zero-order valence-electron chi connectivity index (χ0n) is 12.6. The molecule has 1 rings (SSSR count). The van der Waals surface area contributed by atoms with Crippen molar-refractivity contribution >= 4 is 16.2 Å². The number of rotatable bonds is 7. The smallest absolute Gasteiger partial charge is 0.309 e. The van der Waals surface area contributed by atoms with E-state index in [1.807, 2.05) is 13.8 Å². The predicted octanol–water partition coefficient (Wildman–Crippen LogP) is 1.54. The van der Waals surface area contributed by atoms with Crippen LogP contribution in [0.3, 0.4) is 0 Å². The van der Waals surface area contributed by atoms with Gasteiger partial charge in [-0.3, -0.25) is 4.79 Å². The Hall–Kier alpha value is -0.660. The van der Waals surface area contributed by atoms with Gasteiger partial charge in [0.05, 0.1) is 5.41 Å². The number of piperidine rings is 1. The zero-order chi connectivity index (χ0) is 15.4.